The number of nitrogens with one attached hydrogen (secondary N) is 1. The molecule has 1 aliphatic heterocycles. The zero-order valence-electron chi connectivity index (χ0n) is 19.8. The number of fused-ring (bicyclic) bond motifs is 1. The lowest BCUT2D eigenvalue weighted by molar-refractivity contribution is -0.132. The van der Waals surface area contributed by atoms with Crippen LogP contribution in [0.2, 0.25) is 5.02 Å². The van der Waals surface area contributed by atoms with Crippen LogP contribution in [0.5, 0.6) is 11.5 Å². The molecule has 2 heterocycles. The van der Waals surface area contributed by atoms with Gasteiger partial charge in [-0.2, -0.15) is 0 Å². The Morgan fingerprint density at radius 2 is 1.67 bits per heavy atom. The zero-order valence-corrected chi connectivity index (χ0v) is 20.6. The maximum Gasteiger partial charge on any atom is 0.300 e. The van der Waals surface area contributed by atoms with Gasteiger partial charge in [0, 0.05) is 38.4 Å². The minimum atomic E-state index is -0.879. The summed E-state index contributed by atoms with van der Waals surface area (Å²) < 4.78 is 10.7. The van der Waals surface area contributed by atoms with Crippen LogP contribution >= 0.6 is 11.6 Å². The standard InChI is InChI=1S/C28H23ClN2O5/c1-15-23(19-6-4-5-7-20(19)30-15)25-24(26(32)16-8-13-21(35-2)22(14-16)36-3)27(33)28(34)31(25)18-11-9-17(29)10-12-18/h4-14,25,30,32H,1-3H3/b26-24+. The molecule has 1 saturated heterocycles. The molecule has 8 heteroatoms. The molecule has 36 heavy (non-hydrogen) atoms. The number of hydrogen-bond donors (Lipinski definition) is 2. The third-order valence-corrected chi connectivity index (χ3v) is 6.68. The van der Waals surface area contributed by atoms with Crippen LogP contribution in [0.3, 0.4) is 0 Å². The highest BCUT2D eigenvalue weighted by molar-refractivity contribution is 6.52. The Kier molecular flexibility index (Phi) is 5.94. The number of Topliss-reactive ketones (excluding diaryl/α,β-unsaturated/α-hetero) is 1. The van der Waals surface area contributed by atoms with E-state index in [1.54, 1.807) is 42.5 Å². The molecule has 1 aliphatic rings. The number of para-hydroxylation sites is 1. The van der Waals surface area contributed by atoms with Crippen molar-refractivity contribution < 1.29 is 24.2 Å². The summed E-state index contributed by atoms with van der Waals surface area (Å²) >= 11 is 6.09. The first-order chi connectivity index (χ1) is 17.3. The summed E-state index contributed by atoms with van der Waals surface area (Å²) in [6.45, 7) is 1.88. The van der Waals surface area contributed by atoms with E-state index in [0.29, 0.717) is 27.8 Å². The Morgan fingerprint density at radius 1 is 0.972 bits per heavy atom. The summed E-state index contributed by atoms with van der Waals surface area (Å²) in [5, 5.41) is 12.8. The zero-order chi connectivity index (χ0) is 25.6. The van der Waals surface area contributed by atoms with Crippen molar-refractivity contribution in [2.45, 2.75) is 13.0 Å². The highest BCUT2D eigenvalue weighted by atomic mass is 35.5. The van der Waals surface area contributed by atoms with Crippen molar-refractivity contribution in [2.24, 2.45) is 0 Å². The van der Waals surface area contributed by atoms with Gasteiger partial charge in [-0.15, -0.1) is 0 Å². The fourth-order valence-corrected chi connectivity index (χ4v) is 4.89. The minimum Gasteiger partial charge on any atom is -0.507 e. The largest absolute Gasteiger partial charge is 0.507 e. The SMILES string of the molecule is COc1ccc(/C(O)=C2\C(=O)C(=O)N(c3ccc(Cl)cc3)C2c2c(C)[nH]c3ccccc23)cc1OC. The summed E-state index contributed by atoms with van der Waals surface area (Å²) in [6, 6.07) is 18.3. The molecular formula is C28H23ClN2O5. The molecule has 3 aromatic carbocycles. The summed E-state index contributed by atoms with van der Waals surface area (Å²) in [5.74, 6) is -0.977. The number of aromatic nitrogens is 1. The van der Waals surface area contributed by atoms with Gasteiger partial charge in [-0.1, -0.05) is 29.8 Å². The number of benzene rings is 3. The summed E-state index contributed by atoms with van der Waals surface area (Å²) in [5.41, 5.74) is 3.15. The quantitative estimate of drug-likeness (QED) is 0.205. The molecule has 0 radical (unpaired) electrons. The Morgan fingerprint density at radius 3 is 2.36 bits per heavy atom. The van der Waals surface area contributed by atoms with E-state index in [2.05, 4.69) is 4.98 Å². The van der Waals surface area contributed by atoms with E-state index in [0.717, 1.165) is 22.2 Å². The van der Waals surface area contributed by atoms with Gasteiger partial charge in [-0.3, -0.25) is 14.5 Å². The first kappa shape index (κ1) is 23.5. The molecule has 1 fully saturated rings. The van der Waals surface area contributed by atoms with E-state index in [9.17, 15) is 14.7 Å². The van der Waals surface area contributed by atoms with Crippen molar-refractivity contribution in [3.05, 3.63) is 94.1 Å². The number of carbonyl (C=O) groups is 2. The molecule has 0 aliphatic carbocycles. The summed E-state index contributed by atoms with van der Waals surface area (Å²) in [4.78, 5) is 31.7. The molecule has 0 bridgehead atoms. The number of H-pyrrole nitrogens is 1. The molecule has 2 N–H and O–H groups in total. The van der Waals surface area contributed by atoms with Gasteiger partial charge in [0.25, 0.3) is 11.7 Å². The minimum absolute atomic E-state index is 0.0185. The first-order valence-electron chi connectivity index (χ1n) is 11.2. The fraction of sp³-hybridized carbons (Fsp3) is 0.143. The van der Waals surface area contributed by atoms with Gasteiger partial charge < -0.3 is 19.6 Å². The second-order valence-electron chi connectivity index (χ2n) is 8.42. The second-order valence-corrected chi connectivity index (χ2v) is 8.86. The van der Waals surface area contributed by atoms with Crippen LogP contribution in [0.15, 0.2) is 72.3 Å². The van der Waals surface area contributed by atoms with Crippen molar-refractivity contribution in [2.75, 3.05) is 19.1 Å². The number of ketones is 1. The number of aliphatic hydroxyl groups is 1. The molecule has 0 spiro atoms. The molecule has 7 nitrogen and oxygen atoms in total. The van der Waals surface area contributed by atoms with Crippen LogP contribution in [0.1, 0.15) is 22.9 Å². The number of hydrogen-bond acceptors (Lipinski definition) is 5. The lowest BCUT2D eigenvalue weighted by Crippen LogP contribution is -2.29. The average molecular weight is 503 g/mol. The number of amides is 1. The predicted octanol–water partition coefficient (Wildman–Crippen LogP) is 5.77. The fourth-order valence-electron chi connectivity index (χ4n) is 4.76. The van der Waals surface area contributed by atoms with Gasteiger partial charge in [0.05, 0.1) is 25.8 Å². The van der Waals surface area contributed by atoms with Crippen LogP contribution in [0, 0.1) is 6.92 Å². The van der Waals surface area contributed by atoms with E-state index >= 15 is 0 Å². The van der Waals surface area contributed by atoms with Crippen molar-refractivity contribution in [3.8, 4) is 11.5 Å². The number of aromatic amines is 1. The molecule has 0 saturated carbocycles. The molecule has 1 unspecified atom stereocenters. The van der Waals surface area contributed by atoms with E-state index in [1.165, 1.54) is 19.1 Å². The van der Waals surface area contributed by atoms with Crippen LogP contribution in [0.25, 0.3) is 16.7 Å². The van der Waals surface area contributed by atoms with E-state index in [4.69, 9.17) is 21.1 Å². The van der Waals surface area contributed by atoms with E-state index in [-0.39, 0.29) is 11.3 Å². The van der Waals surface area contributed by atoms with Gasteiger partial charge >= 0.3 is 0 Å². The third kappa shape index (κ3) is 3.69. The summed E-state index contributed by atoms with van der Waals surface area (Å²) in [7, 11) is 2.99. The van der Waals surface area contributed by atoms with Gasteiger partial charge in [0.15, 0.2) is 11.5 Å². The van der Waals surface area contributed by atoms with E-state index in [1.807, 2.05) is 31.2 Å². The maximum absolute atomic E-state index is 13.5. The number of rotatable bonds is 5. The van der Waals surface area contributed by atoms with Crippen LogP contribution < -0.4 is 14.4 Å². The van der Waals surface area contributed by atoms with Crippen molar-refractivity contribution >= 4 is 45.6 Å². The molecule has 182 valence electrons. The van der Waals surface area contributed by atoms with Crippen LogP contribution in [-0.2, 0) is 9.59 Å². The monoisotopic (exact) mass is 502 g/mol. The Labute approximate surface area is 212 Å². The van der Waals surface area contributed by atoms with Crippen molar-refractivity contribution in [3.63, 3.8) is 0 Å². The van der Waals surface area contributed by atoms with Gasteiger partial charge in [0.1, 0.15) is 5.76 Å². The lowest BCUT2D eigenvalue weighted by atomic mass is 9.93. The number of aryl methyl sites for hydroxylation is 1. The number of anilines is 1. The van der Waals surface area contributed by atoms with Gasteiger partial charge in [0.2, 0.25) is 0 Å². The third-order valence-electron chi connectivity index (χ3n) is 6.42. The number of ether oxygens (including phenoxy) is 2. The average Bonchev–Trinajstić information content (AvgIpc) is 3.35. The first-order valence-corrected chi connectivity index (χ1v) is 11.6. The highest BCUT2D eigenvalue weighted by Gasteiger charge is 2.48. The Balaban J connectivity index is 1.79. The Hall–Kier alpha value is -4.23. The second kappa shape index (κ2) is 9.09. The molecule has 1 atom stereocenters. The van der Waals surface area contributed by atoms with Gasteiger partial charge in [-0.05, 0) is 55.5 Å². The lowest BCUT2D eigenvalue weighted by Gasteiger charge is -2.26. The van der Waals surface area contributed by atoms with Crippen molar-refractivity contribution in [1.29, 1.82) is 0 Å². The number of carbonyl (C=O) groups excluding carboxylic acids is 2. The smallest absolute Gasteiger partial charge is 0.300 e. The number of halogens is 1. The van der Waals surface area contributed by atoms with Gasteiger partial charge in [-0.25, -0.2) is 0 Å². The number of methoxy groups -OCH3 is 2. The number of nitrogens with zero attached hydrogens (tertiary/aromatic N) is 1. The topological polar surface area (TPSA) is 91.9 Å². The highest BCUT2D eigenvalue weighted by Crippen LogP contribution is 2.46. The Bertz CT molecular complexity index is 1540. The van der Waals surface area contributed by atoms with Crippen LogP contribution in [-0.4, -0.2) is 36.0 Å². The summed E-state index contributed by atoms with van der Waals surface area (Å²) in [6.07, 6.45) is 0. The van der Waals surface area contributed by atoms with Crippen LogP contribution in [0.4, 0.5) is 5.69 Å². The number of aliphatic hydroxyl groups excluding tert-OH is 1. The molecule has 1 amide bonds. The molecule has 5 rings (SSSR count). The predicted molar refractivity (Wildman–Crippen MR) is 139 cm³/mol. The molecule has 4 aromatic rings. The van der Waals surface area contributed by atoms with E-state index < -0.39 is 17.7 Å². The molecule has 1 aromatic heterocycles. The van der Waals surface area contributed by atoms with Crippen molar-refractivity contribution in [1.82, 2.24) is 4.98 Å². The maximum atomic E-state index is 13.5. The molecular weight excluding hydrogens is 480 g/mol. The normalized spacial score (nSPS) is 17.1.